The first kappa shape index (κ1) is 12.4. The van der Waals surface area contributed by atoms with E-state index in [1.807, 2.05) is 0 Å². The summed E-state index contributed by atoms with van der Waals surface area (Å²) in [5, 5.41) is 3.50. The van der Waals surface area contributed by atoms with Crippen LogP contribution >= 0.6 is 0 Å². The molecule has 0 atom stereocenters. The van der Waals surface area contributed by atoms with Crippen molar-refractivity contribution in [2.24, 2.45) is 11.3 Å². The fourth-order valence-corrected chi connectivity index (χ4v) is 3.54. The van der Waals surface area contributed by atoms with Gasteiger partial charge in [0.15, 0.2) is 0 Å². The van der Waals surface area contributed by atoms with Crippen LogP contribution in [-0.4, -0.2) is 37.6 Å². The maximum atomic E-state index is 3.50. The van der Waals surface area contributed by atoms with E-state index in [4.69, 9.17) is 0 Å². The van der Waals surface area contributed by atoms with Crippen LogP contribution in [0, 0.1) is 11.3 Å². The van der Waals surface area contributed by atoms with Gasteiger partial charge in [-0.25, -0.2) is 0 Å². The lowest BCUT2D eigenvalue weighted by Crippen LogP contribution is -2.57. The van der Waals surface area contributed by atoms with Gasteiger partial charge < -0.3 is 10.2 Å². The molecule has 1 heterocycles. The molecule has 2 aliphatic rings. The van der Waals surface area contributed by atoms with E-state index in [1.54, 1.807) is 0 Å². The molecular weight excluding hydrogens is 196 g/mol. The zero-order chi connectivity index (χ0) is 11.4. The summed E-state index contributed by atoms with van der Waals surface area (Å²) in [6.07, 6.45) is 7.23. The molecule has 2 nitrogen and oxygen atoms in total. The Bertz CT molecular complexity index is 204. The Labute approximate surface area is 102 Å². The van der Waals surface area contributed by atoms with Crippen LogP contribution in [0.4, 0.5) is 0 Å². The fourth-order valence-electron chi connectivity index (χ4n) is 3.54. The van der Waals surface area contributed by atoms with Crippen LogP contribution in [0.25, 0.3) is 0 Å². The summed E-state index contributed by atoms with van der Waals surface area (Å²) in [4.78, 5) is 2.64. The van der Waals surface area contributed by atoms with Crippen LogP contribution in [0.15, 0.2) is 0 Å². The van der Waals surface area contributed by atoms with Gasteiger partial charge in [0.1, 0.15) is 0 Å². The van der Waals surface area contributed by atoms with E-state index < -0.39 is 0 Å². The summed E-state index contributed by atoms with van der Waals surface area (Å²) in [5.41, 5.74) is 0.748. The smallest absolute Gasteiger partial charge is 0.00505 e. The van der Waals surface area contributed by atoms with Crippen molar-refractivity contribution >= 4 is 0 Å². The number of nitrogens with one attached hydrogen (secondary N) is 1. The standard InChI is InChI=1S/C14H28N2.H2/c1-3-9-16-11-14(12-16)7-5-13(6-8-14)10-15-4-2;/h13,15H,3-12H2,1-2H3;1H. The molecule has 0 aromatic heterocycles. The summed E-state index contributed by atoms with van der Waals surface area (Å²) in [6, 6.07) is 0. The first-order chi connectivity index (χ1) is 7.78. The largest absolute Gasteiger partial charge is 0.317 e. The van der Waals surface area contributed by atoms with E-state index in [1.165, 1.54) is 58.3 Å². The van der Waals surface area contributed by atoms with Gasteiger partial charge in [0, 0.05) is 14.5 Å². The Morgan fingerprint density at radius 2 is 1.94 bits per heavy atom. The minimum atomic E-state index is 0. The third-order valence-corrected chi connectivity index (χ3v) is 4.51. The van der Waals surface area contributed by atoms with Crippen LogP contribution in [0.2, 0.25) is 0 Å². The molecule has 2 heteroatoms. The lowest BCUT2D eigenvalue weighted by Gasteiger charge is -2.53. The Hall–Kier alpha value is -0.0800. The zero-order valence-corrected chi connectivity index (χ0v) is 11.1. The number of hydrogen-bond acceptors (Lipinski definition) is 2. The highest BCUT2D eigenvalue weighted by atomic mass is 15.2. The van der Waals surface area contributed by atoms with Gasteiger partial charge in [-0.15, -0.1) is 0 Å². The molecule has 0 radical (unpaired) electrons. The van der Waals surface area contributed by atoms with Crippen molar-refractivity contribution in [3.05, 3.63) is 0 Å². The lowest BCUT2D eigenvalue weighted by atomic mass is 9.66. The SMILES string of the molecule is CCCN1CC2(CCC(CNCC)CC2)C1.[HH]. The molecular formula is C14H30N2. The van der Waals surface area contributed by atoms with Crippen molar-refractivity contribution in [1.82, 2.24) is 10.2 Å². The first-order valence-corrected chi connectivity index (χ1v) is 7.21. The number of hydrogen-bond donors (Lipinski definition) is 1. The predicted molar refractivity (Wildman–Crippen MR) is 71.8 cm³/mol. The molecule has 0 amide bonds. The van der Waals surface area contributed by atoms with Crippen LogP contribution in [0.1, 0.15) is 47.4 Å². The van der Waals surface area contributed by atoms with Crippen LogP contribution in [0.3, 0.4) is 0 Å². The van der Waals surface area contributed by atoms with E-state index in [-0.39, 0.29) is 1.43 Å². The van der Waals surface area contributed by atoms with Crippen LogP contribution in [0.5, 0.6) is 0 Å². The average Bonchev–Trinajstić information content (AvgIpc) is 2.26. The van der Waals surface area contributed by atoms with Crippen molar-refractivity contribution < 1.29 is 1.43 Å². The average molecular weight is 226 g/mol. The molecule has 1 N–H and O–H groups in total. The fraction of sp³-hybridized carbons (Fsp3) is 1.00. The van der Waals surface area contributed by atoms with Gasteiger partial charge in [0.25, 0.3) is 0 Å². The number of rotatable bonds is 5. The maximum absolute atomic E-state index is 3.50. The second kappa shape index (κ2) is 5.50. The molecule has 0 bridgehead atoms. The van der Waals surface area contributed by atoms with E-state index in [0.29, 0.717) is 0 Å². The van der Waals surface area contributed by atoms with Gasteiger partial charge in [0.05, 0.1) is 0 Å². The quantitative estimate of drug-likeness (QED) is 0.775. The highest BCUT2D eigenvalue weighted by Crippen LogP contribution is 2.45. The van der Waals surface area contributed by atoms with Crippen LogP contribution < -0.4 is 5.32 Å². The van der Waals surface area contributed by atoms with Gasteiger partial charge in [-0.3, -0.25) is 0 Å². The summed E-state index contributed by atoms with van der Waals surface area (Å²) >= 11 is 0. The van der Waals surface area contributed by atoms with Crippen LogP contribution in [-0.2, 0) is 0 Å². The van der Waals surface area contributed by atoms with Crippen molar-refractivity contribution in [1.29, 1.82) is 0 Å². The van der Waals surface area contributed by atoms with Crippen molar-refractivity contribution in [3.8, 4) is 0 Å². The molecule has 1 spiro atoms. The van der Waals surface area contributed by atoms with Gasteiger partial charge in [0.2, 0.25) is 0 Å². The van der Waals surface area contributed by atoms with Crippen molar-refractivity contribution in [2.45, 2.75) is 46.0 Å². The predicted octanol–water partition coefficient (Wildman–Crippen LogP) is 2.74. The van der Waals surface area contributed by atoms with Gasteiger partial charge in [-0.2, -0.15) is 0 Å². The minimum absolute atomic E-state index is 0. The highest BCUT2D eigenvalue weighted by molar-refractivity contribution is 4.97. The van der Waals surface area contributed by atoms with Crippen molar-refractivity contribution in [3.63, 3.8) is 0 Å². The highest BCUT2D eigenvalue weighted by Gasteiger charge is 2.44. The normalized spacial score (nSPS) is 25.9. The van der Waals surface area contributed by atoms with Gasteiger partial charge in [-0.1, -0.05) is 13.8 Å². The third-order valence-electron chi connectivity index (χ3n) is 4.51. The van der Waals surface area contributed by atoms with E-state index in [9.17, 15) is 0 Å². The molecule has 0 unspecified atom stereocenters. The monoisotopic (exact) mass is 226 g/mol. The maximum Gasteiger partial charge on any atom is 0.00505 e. The molecule has 1 saturated carbocycles. The van der Waals surface area contributed by atoms with Gasteiger partial charge in [-0.05, 0) is 63.1 Å². The summed E-state index contributed by atoms with van der Waals surface area (Å²) in [7, 11) is 0. The second-order valence-corrected chi connectivity index (χ2v) is 5.96. The molecule has 96 valence electrons. The summed E-state index contributed by atoms with van der Waals surface area (Å²) in [6.45, 7) is 11.0. The van der Waals surface area contributed by atoms with Gasteiger partial charge >= 0.3 is 0 Å². The summed E-state index contributed by atoms with van der Waals surface area (Å²) < 4.78 is 0. The lowest BCUT2D eigenvalue weighted by molar-refractivity contribution is -0.0373. The third kappa shape index (κ3) is 2.78. The summed E-state index contributed by atoms with van der Waals surface area (Å²) in [5.74, 6) is 0.964. The Morgan fingerprint density at radius 3 is 2.50 bits per heavy atom. The van der Waals surface area contributed by atoms with E-state index in [0.717, 1.165) is 17.9 Å². The topological polar surface area (TPSA) is 15.3 Å². The molecule has 1 aliphatic heterocycles. The molecule has 0 aromatic rings. The zero-order valence-electron chi connectivity index (χ0n) is 11.1. The second-order valence-electron chi connectivity index (χ2n) is 5.96. The molecule has 1 aliphatic carbocycles. The Morgan fingerprint density at radius 1 is 1.25 bits per heavy atom. The molecule has 16 heavy (non-hydrogen) atoms. The molecule has 1 saturated heterocycles. The number of nitrogens with zero attached hydrogens (tertiary/aromatic N) is 1. The van der Waals surface area contributed by atoms with E-state index in [2.05, 4.69) is 24.1 Å². The molecule has 0 aromatic carbocycles. The number of likely N-dealkylation sites (tertiary alicyclic amines) is 1. The molecule has 2 rings (SSSR count). The minimum Gasteiger partial charge on any atom is -0.317 e. The molecule has 2 fully saturated rings. The Balaban J connectivity index is 0.00000144. The van der Waals surface area contributed by atoms with Crippen molar-refractivity contribution in [2.75, 3.05) is 32.7 Å². The Kier molecular flexibility index (Phi) is 4.26. The van der Waals surface area contributed by atoms with E-state index >= 15 is 0 Å². The first-order valence-electron chi connectivity index (χ1n) is 7.21.